The second-order valence-corrected chi connectivity index (χ2v) is 7.92. The van der Waals surface area contributed by atoms with Gasteiger partial charge in [0.15, 0.2) is 5.96 Å². The average Bonchev–Trinajstić information content (AvgIpc) is 3.03. The smallest absolute Gasteiger partial charge is 0.222 e. The van der Waals surface area contributed by atoms with Crippen LogP contribution in [0.3, 0.4) is 0 Å². The Hall–Kier alpha value is -3.09. The van der Waals surface area contributed by atoms with E-state index in [-0.39, 0.29) is 0 Å². The molecule has 2 heterocycles. The largest absolute Gasteiger partial charge is 0.487 e. The summed E-state index contributed by atoms with van der Waals surface area (Å²) in [6.07, 6.45) is 6.68. The number of ether oxygens (including phenoxy) is 1. The predicted octanol–water partition coefficient (Wildman–Crippen LogP) is 3.51. The van der Waals surface area contributed by atoms with Gasteiger partial charge < -0.3 is 20.3 Å². The molecule has 1 amide bonds. The van der Waals surface area contributed by atoms with E-state index in [0.717, 1.165) is 74.8 Å². The van der Waals surface area contributed by atoms with Crippen molar-refractivity contribution >= 4 is 11.9 Å². The maximum absolute atomic E-state index is 12.1. The first-order chi connectivity index (χ1) is 15.7. The second-order valence-electron chi connectivity index (χ2n) is 7.92. The fourth-order valence-corrected chi connectivity index (χ4v) is 3.64. The van der Waals surface area contributed by atoms with Crippen molar-refractivity contribution < 1.29 is 9.53 Å². The Kier molecular flexibility index (Phi) is 9.83. The van der Waals surface area contributed by atoms with Crippen molar-refractivity contribution in [3.63, 3.8) is 0 Å². The van der Waals surface area contributed by atoms with E-state index in [4.69, 9.17) is 9.73 Å². The van der Waals surface area contributed by atoms with Crippen LogP contribution in [0.5, 0.6) is 5.75 Å². The molecule has 0 unspecified atom stereocenters. The van der Waals surface area contributed by atoms with Gasteiger partial charge in [-0.3, -0.25) is 9.78 Å². The highest BCUT2D eigenvalue weighted by molar-refractivity contribution is 5.79. The standard InChI is InChI=1S/C25H35N5O2/c1-2-26-25(28-15-9-17-30-16-7-3-4-13-24(30)31)29-19-21-10-8-12-23(18-21)32-20-22-11-5-6-14-27-22/h5-6,8,10-12,14,18H,2-4,7,9,13,15-17,19-20H2,1H3,(H2,26,28,29). The summed E-state index contributed by atoms with van der Waals surface area (Å²) in [7, 11) is 0. The third kappa shape index (κ3) is 8.21. The molecule has 2 N–H and O–H groups in total. The first-order valence-corrected chi connectivity index (χ1v) is 11.7. The quantitative estimate of drug-likeness (QED) is 0.338. The highest BCUT2D eigenvalue weighted by atomic mass is 16.5. The van der Waals surface area contributed by atoms with Crippen molar-refractivity contribution in [1.82, 2.24) is 20.5 Å². The molecule has 1 aliphatic rings. The molecule has 0 spiro atoms. The zero-order valence-electron chi connectivity index (χ0n) is 19.1. The Morgan fingerprint density at radius 1 is 1.16 bits per heavy atom. The van der Waals surface area contributed by atoms with Crippen molar-refractivity contribution in [1.29, 1.82) is 0 Å². The Labute approximate surface area is 191 Å². The van der Waals surface area contributed by atoms with Crippen LogP contribution in [-0.4, -0.2) is 47.9 Å². The van der Waals surface area contributed by atoms with Crippen LogP contribution in [0.2, 0.25) is 0 Å². The maximum Gasteiger partial charge on any atom is 0.222 e. The summed E-state index contributed by atoms with van der Waals surface area (Å²) < 4.78 is 5.87. The summed E-state index contributed by atoms with van der Waals surface area (Å²) in [5.41, 5.74) is 1.98. The summed E-state index contributed by atoms with van der Waals surface area (Å²) in [5.74, 6) is 1.89. The Morgan fingerprint density at radius 2 is 2.09 bits per heavy atom. The fourth-order valence-electron chi connectivity index (χ4n) is 3.64. The number of hydrogen-bond donors (Lipinski definition) is 2. The van der Waals surface area contributed by atoms with Crippen molar-refractivity contribution in [2.24, 2.45) is 4.99 Å². The molecule has 32 heavy (non-hydrogen) atoms. The van der Waals surface area contributed by atoms with E-state index in [1.807, 2.05) is 47.4 Å². The summed E-state index contributed by atoms with van der Waals surface area (Å²) in [5, 5.41) is 6.67. The summed E-state index contributed by atoms with van der Waals surface area (Å²) in [4.78, 5) is 23.1. The Morgan fingerprint density at radius 3 is 2.94 bits per heavy atom. The van der Waals surface area contributed by atoms with E-state index < -0.39 is 0 Å². The lowest BCUT2D eigenvalue weighted by Crippen LogP contribution is -2.39. The number of pyridine rings is 1. The molecule has 2 aromatic rings. The van der Waals surface area contributed by atoms with Gasteiger partial charge in [-0.25, -0.2) is 4.99 Å². The third-order valence-electron chi connectivity index (χ3n) is 5.34. The minimum absolute atomic E-state index is 0.299. The number of guanidine groups is 1. The number of rotatable bonds is 10. The Bertz CT molecular complexity index is 856. The summed E-state index contributed by atoms with van der Waals surface area (Å²) in [6, 6.07) is 13.8. The van der Waals surface area contributed by atoms with Gasteiger partial charge in [-0.05, 0) is 56.0 Å². The fraction of sp³-hybridized carbons (Fsp3) is 0.480. The second kappa shape index (κ2) is 13.3. The number of likely N-dealkylation sites (tertiary alicyclic amines) is 1. The van der Waals surface area contributed by atoms with Gasteiger partial charge in [0, 0.05) is 38.8 Å². The summed E-state index contributed by atoms with van der Waals surface area (Å²) >= 11 is 0. The number of amides is 1. The van der Waals surface area contributed by atoms with Crippen LogP contribution >= 0.6 is 0 Å². The van der Waals surface area contributed by atoms with Gasteiger partial charge >= 0.3 is 0 Å². The molecular formula is C25H35N5O2. The normalized spacial score (nSPS) is 14.7. The minimum atomic E-state index is 0.299. The molecule has 172 valence electrons. The van der Waals surface area contributed by atoms with Crippen LogP contribution in [0.1, 0.15) is 50.3 Å². The lowest BCUT2D eigenvalue weighted by atomic mass is 10.2. The van der Waals surface area contributed by atoms with E-state index in [1.165, 1.54) is 0 Å². The number of aromatic nitrogens is 1. The van der Waals surface area contributed by atoms with Crippen LogP contribution in [0.4, 0.5) is 0 Å². The van der Waals surface area contributed by atoms with Crippen LogP contribution in [-0.2, 0) is 17.9 Å². The van der Waals surface area contributed by atoms with Crippen molar-refractivity contribution in [3.8, 4) is 5.75 Å². The zero-order chi connectivity index (χ0) is 22.4. The van der Waals surface area contributed by atoms with Gasteiger partial charge in [0.05, 0.1) is 12.2 Å². The molecule has 1 fully saturated rings. The zero-order valence-corrected chi connectivity index (χ0v) is 19.1. The van der Waals surface area contributed by atoms with Gasteiger partial charge in [0.1, 0.15) is 12.4 Å². The van der Waals surface area contributed by atoms with Gasteiger partial charge in [-0.1, -0.05) is 24.6 Å². The molecule has 0 bridgehead atoms. The van der Waals surface area contributed by atoms with Crippen LogP contribution in [0, 0.1) is 0 Å². The van der Waals surface area contributed by atoms with Crippen molar-refractivity contribution in [2.75, 3.05) is 26.2 Å². The lowest BCUT2D eigenvalue weighted by Gasteiger charge is -2.20. The van der Waals surface area contributed by atoms with Crippen molar-refractivity contribution in [2.45, 2.75) is 52.2 Å². The molecule has 3 rings (SSSR count). The molecular weight excluding hydrogens is 402 g/mol. The first kappa shape index (κ1) is 23.6. The number of aliphatic imine (C=N–C) groups is 1. The van der Waals surface area contributed by atoms with E-state index in [1.54, 1.807) is 6.20 Å². The molecule has 7 heteroatoms. The number of carbonyl (C=O) groups excluding carboxylic acids is 1. The number of benzene rings is 1. The van der Waals surface area contributed by atoms with Crippen LogP contribution in [0.15, 0.2) is 53.7 Å². The highest BCUT2D eigenvalue weighted by Gasteiger charge is 2.15. The molecule has 0 atom stereocenters. The van der Waals surface area contributed by atoms with Crippen LogP contribution in [0.25, 0.3) is 0 Å². The average molecular weight is 438 g/mol. The summed E-state index contributed by atoms with van der Waals surface area (Å²) in [6.45, 7) is 6.33. The monoisotopic (exact) mass is 437 g/mol. The van der Waals surface area contributed by atoms with E-state index in [2.05, 4.69) is 22.5 Å². The molecule has 1 aromatic heterocycles. The van der Waals surface area contributed by atoms with E-state index in [9.17, 15) is 4.79 Å². The molecule has 0 aliphatic carbocycles. The van der Waals surface area contributed by atoms with E-state index >= 15 is 0 Å². The number of nitrogens with one attached hydrogen (secondary N) is 2. The first-order valence-electron chi connectivity index (χ1n) is 11.7. The van der Waals surface area contributed by atoms with Crippen LogP contribution < -0.4 is 15.4 Å². The molecule has 1 saturated heterocycles. The van der Waals surface area contributed by atoms with E-state index in [0.29, 0.717) is 25.5 Å². The molecule has 0 saturated carbocycles. The van der Waals surface area contributed by atoms with Gasteiger partial charge in [0.2, 0.25) is 5.91 Å². The number of nitrogens with zero attached hydrogens (tertiary/aromatic N) is 3. The topological polar surface area (TPSA) is 78.9 Å². The number of carbonyl (C=O) groups is 1. The SMILES string of the molecule is CCNC(=NCc1cccc(OCc2ccccn2)c1)NCCCN1CCCCCC1=O. The Balaban J connectivity index is 1.46. The maximum atomic E-state index is 12.1. The van der Waals surface area contributed by atoms with Gasteiger partial charge in [-0.2, -0.15) is 0 Å². The highest BCUT2D eigenvalue weighted by Crippen LogP contribution is 2.15. The molecule has 1 aromatic carbocycles. The molecule has 7 nitrogen and oxygen atoms in total. The molecule has 1 aliphatic heterocycles. The predicted molar refractivity (Wildman–Crippen MR) is 127 cm³/mol. The molecule has 0 radical (unpaired) electrons. The van der Waals surface area contributed by atoms with Gasteiger partial charge in [0.25, 0.3) is 0 Å². The lowest BCUT2D eigenvalue weighted by molar-refractivity contribution is -0.130. The van der Waals surface area contributed by atoms with Gasteiger partial charge in [-0.15, -0.1) is 0 Å². The third-order valence-corrected chi connectivity index (χ3v) is 5.34. The number of hydrogen-bond acceptors (Lipinski definition) is 4. The van der Waals surface area contributed by atoms with Crippen molar-refractivity contribution in [3.05, 3.63) is 59.9 Å². The minimum Gasteiger partial charge on any atom is -0.487 e.